The standard InChI is InChI=1S/C22H22N4OS/c1-26(16-9-3-2-4-10-16)22(27)19-15-28-21(25-19)14-8-7-13-20-23-17-11-5-6-12-18(17)24-20/h2-6,9-12,15H,7-8,13-14H2,1H3,(H,23,24). The highest BCUT2D eigenvalue weighted by molar-refractivity contribution is 7.09. The number of hydrogen-bond acceptors (Lipinski definition) is 4. The number of benzene rings is 2. The highest BCUT2D eigenvalue weighted by atomic mass is 32.1. The normalized spacial score (nSPS) is 11.0. The molecule has 6 heteroatoms. The van der Waals surface area contributed by atoms with Crippen LogP contribution in [0.25, 0.3) is 11.0 Å². The molecule has 142 valence electrons. The van der Waals surface area contributed by atoms with E-state index in [0.717, 1.165) is 53.2 Å². The van der Waals surface area contributed by atoms with E-state index in [1.807, 2.05) is 60.0 Å². The van der Waals surface area contributed by atoms with Gasteiger partial charge in [0.1, 0.15) is 11.5 Å². The fourth-order valence-corrected chi connectivity index (χ4v) is 3.97. The molecular formula is C22H22N4OS. The summed E-state index contributed by atoms with van der Waals surface area (Å²) in [5.74, 6) is 0.955. The Morgan fingerprint density at radius 1 is 1.00 bits per heavy atom. The lowest BCUT2D eigenvalue weighted by atomic mass is 10.2. The first kappa shape index (κ1) is 18.4. The summed E-state index contributed by atoms with van der Waals surface area (Å²) in [7, 11) is 1.78. The third-order valence-electron chi connectivity index (χ3n) is 4.71. The summed E-state index contributed by atoms with van der Waals surface area (Å²) in [6.45, 7) is 0. The van der Waals surface area contributed by atoms with Crippen molar-refractivity contribution in [1.29, 1.82) is 0 Å². The number of fused-ring (bicyclic) bond motifs is 1. The quantitative estimate of drug-likeness (QED) is 0.458. The summed E-state index contributed by atoms with van der Waals surface area (Å²) in [5.41, 5.74) is 3.49. The number of para-hydroxylation sites is 3. The highest BCUT2D eigenvalue weighted by Gasteiger charge is 2.16. The Hall–Kier alpha value is -2.99. The molecule has 2 heterocycles. The molecule has 0 radical (unpaired) electrons. The molecule has 1 N–H and O–H groups in total. The summed E-state index contributed by atoms with van der Waals surface area (Å²) in [6, 6.07) is 17.7. The van der Waals surface area contributed by atoms with Gasteiger partial charge in [-0.15, -0.1) is 11.3 Å². The van der Waals surface area contributed by atoms with Crippen molar-refractivity contribution >= 4 is 34.0 Å². The molecule has 0 aliphatic rings. The van der Waals surface area contributed by atoms with Crippen LogP contribution in [0, 0.1) is 0 Å². The Kier molecular flexibility index (Phi) is 5.48. The molecule has 0 unspecified atom stereocenters. The van der Waals surface area contributed by atoms with Gasteiger partial charge in [-0.2, -0.15) is 0 Å². The van der Waals surface area contributed by atoms with Crippen LogP contribution in [0.3, 0.4) is 0 Å². The number of anilines is 1. The van der Waals surface area contributed by atoms with Gasteiger partial charge in [0.05, 0.1) is 16.0 Å². The van der Waals surface area contributed by atoms with Gasteiger partial charge in [-0.1, -0.05) is 30.3 Å². The van der Waals surface area contributed by atoms with Crippen LogP contribution in [0.5, 0.6) is 0 Å². The highest BCUT2D eigenvalue weighted by Crippen LogP contribution is 2.18. The van der Waals surface area contributed by atoms with Crippen molar-refractivity contribution in [2.45, 2.75) is 25.7 Å². The van der Waals surface area contributed by atoms with Gasteiger partial charge in [-0.05, 0) is 43.5 Å². The summed E-state index contributed by atoms with van der Waals surface area (Å²) in [6.07, 6.45) is 3.86. The second-order valence-electron chi connectivity index (χ2n) is 6.73. The average Bonchev–Trinajstić information content (AvgIpc) is 3.37. The topological polar surface area (TPSA) is 61.9 Å². The maximum absolute atomic E-state index is 12.6. The molecular weight excluding hydrogens is 368 g/mol. The molecule has 0 saturated carbocycles. The number of aromatic amines is 1. The van der Waals surface area contributed by atoms with E-state index in [4.69, 9.17) is 0 Å². The van der Waals surface area contributed by atoms with Crippen molar-refractivity contribution < 1.29 is 4.79 Å². The van der Waals surface area contributed by atoms with Crippen LogP contribution < -0.4 is 4.90 Å². The number of nitrogens with one attached hydrogen (secondary N) is 1. The molecule has 4 rings (SSSR count). The lowest BCUT2D eigenvalue weighted by Gasteiger charge is -2.15. The van der Waals surface area contributed by atoms with Crippen LogP contribution >= 0.6 is 11.3 Å². The van der Waals surface area contributed by atoms with Crippen molar-refractivity contribution in [3.8, 4) is 0 Å². The van der Waals surface area contributed by atoms with Crippen molar-refractivity contribution in [2.75, 3.05) is 11.9 Å². The van der Waals surface area contributed by atoms with Gasteiger partial charge in [0.2, 0.25) is 0 Å². The monoisotopic (exact) mass is 390 g/mol. The van der Waals surface area contributed by atoms with E-state index < -0.39 is 0 Å². The Balaban J connectivity index is 1.29. The first-order valence-electron chi connectivity index (χ1n) is 9.42. The summed E-state index contributed by atoms with van der Waals surface area (Å²) in [4.78, 5) is 26.8. The Labute approximate surface area is 168 Å². The van der Waals surface area contributed by atoms with E-state index in [1.165, 1.54) is 0 Å². The van der Waals surface area contributed by atoms with E-state index in [-0.39, 0.29) is 5.91 Å². The van der Waals surface area contributed by atoms with E-state index in [2.05, 4.69) is 15.0 Å². The van der Waals surface area contributed by atoms with Crippen molar-refractivity contribution in [2.24, 2.45) is 0 Å². The average molecular weight is 391 g/mol. The Bertz CT molecular complexity index is 1040. The zero-order valence-corrected chi connectivity index (χ0v) is 16.6. The second-order valence-corrected chi connectivity index (χ2v) is 7.68. The summed E-state index contributed by atoms with van der Waals surface area (Å²) in [5, 5.41) is 2.87. The molecule has 0 fully saturated rings. The minimum absolute atomic E-state index is 0.0732. The van der Waals surface area contributed by atoms with Crippen LogP contribution in [0.1, 0.15) is 34.2 Å². The predicted octanol–water partition coefficient (Wildman–Crippen LogP) is 4.86. The lowest BCUT2D eigenvalue weighted by molar-refractivity contribution is 0.0988. The minimum atomic E-state index is -0.0732. The molecule has 0 saturated heterocycles. The third-order valence-corrected chi connectivity index (χ3v) is 5.62. The molecule has 2 aromatic heterocycles. The number of unbranched alkanes of at least 4 members (excludes halogenated alkanes) is 1. The number of thiazole rings is 1. The van der Waals surface area contributed by atoms with Crippen LogP contribution in [-0.2, 0) is 12.8 Å². The predicted molar refractivity (Wildman–Crippen MR) is 114 cm³/mol. The summed E-state index contributed by atoms with van der Waals surface area (Å²) >= 11 is 1.56. The van der Waals surface area contributed by atoms with Crippen molar-refractivity contribution in [3.05, 3.63) is 76.5 Å². The first-order valence-corrected chi connectivity index (χ1v) is 10.3. The van der Waals surface area contributed by atoms with Crippen LogP contribution in [-0.4, -0.2) is 27.9 Å². The fraction of sp³-hybridized carbons (Fsp3) is 0.227. The first-order chi connectivity index (χ1) is 13.7. The number of aromatic nitrogens is 3. The van der Waals surface area contributed by atoms with E-state index in [9.17, 15) is 4.79 Å². The smallest absolute Gasteiger partial charge is 0.277 e. The van der Waals surface area contributed by atoms with Gasteiger partial charge in [0, 0.05) is 24.5 Å². The maximum atomic E-state index is 12.6. The number of rotatable bonds is 7. The number of carbonyl (C=O) groups is 1. The second kappa shape index (κ2) is 8.35. The SMILES string of the molecule is CN(C(=O)c1csc(CCCCc2nc3ccccc3[nH]2)n1)c1ccccc1. The summed E-state index contributed by atoms with van der Waals surface area (Å²) < 4.78 is 0. The van der Waals surface area contributed by atoms with E-state index in [1.54, 1.807) is 23.3 Å². The number of amides is 1. The number of aryl methyl sites for hydroxylation is 2. The van der Waals surface area contributed by atoms with Gasteiger partial charge in [-0.25, -0.2) is 9.97 Å². The number of hydrogen-bond donors (Lipinski definition) is 1. The molecule has 0 aliphatic carbocycles. The molecule has 5 nitrogen and oxygen atoms in total. The van der Waals surface area contributed by atoms with Crippen LogP contribution in [0.15, 0.2) is 60.0 Å². The molecule has 0 spiro atoms. The van der Waals surface area contributed by atoms with Crippen molar-refractivity contribution in [1.82, 2.24) is 15.0 Å². The zero-order valence-electron chi connectivity index (χ0n) is 15.8. The molecule has 0 aliphatic heterocycles. The van der Waals surface area contributed by atoms with Crippen LogP contribution in [0.2, 0.25) is 0 Å². The van der Waals surface area contributed by atoms with Gasteiger partial charge in [-0.3, -0.25) is 4.79 Å². The van der Waals surface area contributed by atoms with E-state index in [0.29, 0.717) is 5.69 Å². The molecule has 4 aromatic rings. The third kappa shape index (κ3) is 4.12. The Morgan fingerprint density at radius 3 is 2.57 bits per heavy atom. The molecule has 28 heavy (non-hydrogen) atoms. The van der Waals surface area contributed by atoms with Crippen molar-refractivity contribution in [3.63, 3.8) is 0 Å². The minimum Gasteiger partial charge on any atom is -0.342 e. The Morgan fingerprint density at radius 2 is 1.75 bits per heavy atom. The van der Waals surface area contributed by atoms with Gasteiger partial charge < -0.3 is 9.88 Å². The number of carbonyl (C=O) groups excluding carboxylic acids is 1. The largest absolute Gasteiger partial charge is 0.342 e. The fourth-order valence-electron chi connectivity index (χ4n) is 3.16. The van der Waals surface area contributed by atoms with Gasteiger partial charge >= 0.3 is 0 Å². The molecule has 1 amide bonds. The number of imidazole rings is 1. The molecule has 2 aromatic carbocycles. The zero-order chi connectivity index (χ0) is 19.3. The molecule has 0 atom stereocenters. The lowest BCUT2D eigenvalue weighted by Crippen LogP contribution is -2.26. The van der Waals surface area contributed by atoms with Gasteiger partial charge in [0.15, 0.2) is 0 Å². The maximum Gasteiger partial charge on any atom is 0.277 e. The van der Waals surface area contributed by atoms with E-state index >= 15 is 0 Å². The number of nitrogens with zero attached hydrogens (tertiary/aromatic N) is 3. The molecule has 0 bridgehead atoms. The van der Waals surface area contributed by atoms with Crippen LogP contribution in [0.4, 0.5) is 5.69 Å². The van der Waals surface area contributed by atoms with Gasteiger partial charge in [0.25, 0.3) is 5.91 Å². The number of H-pyrrole nitrogens is 1.